The van der Waals surface area contributed by atoms with Crippen molar-refractivity contribution in [3.05, 3.63) is 53.3 Å². The SMILES string of the molecule is CN(Cc1cccc2cnccc12)C(=O)c1cnc(N)s1. The van der Waals surface area contributed by atoms with Crippen LogP contribution in [0, 0.1) is 0 Å². The van der Waals surface area contributed by atoms with E-state index >= 15 is 0 Å². The number of anilines is 1. The van der Waals surface area contributed by atoms with Gasteiger partial charge in [-0.1, -0.05) is 29.5 Å². The summed E-state index contributed by atoms with van der Waals surface area (Å²) >= 11 is 1.20. The van der Waals surface area contributed by atoms with Gasteiger partial charge >= 0.3 is 0 Å². The van der Waals surface area contributed by atoms with Crippen LogP contribution in [0.5, 0.6) is 0 Å². The van der Waals surface area contributed by atoms with Crippen LogP contribution in [-0.2, 0) is 6.54 Å². The minimum Gasteiger partial charge on any atom is -0.375 e. The maximum Gasteiger partial charge on any atom is 0.265 e. The van der Waals surface area contributed by atoms with Crippen LogP contribution >= 0.6 is 11.3 Å². The van der Waals surface area contributed by atoms with Gasteiger partial charge in [0.25, 0.3) is 5.91 Å². The van der Waals surface area contributed by atoms with Crippen LogP contribution in [0.2, 0.25) is 0 Å². The first-order valence-electron chi connectivity index (χ1n) is 6.43. The molecule has 5 nitrogen and oxygen atoms in total. The molecule has 1 aromatic carbocycles. The number of fused-ring (bicyclic) bond motifs is 1. The average molecular weight is 298 g/mol. The van der Waals surface area contributed by atoms with E-state index in [0.29, 0.717) is 16.6 Å². The van der Waals surface area contributed by atoms with Gasteiger partial charge in [-0.15, -0.1) is 0 Å². The van der Waals surface area contributed by atoms with E-state index in [9.17, 15) is 4.79 Å². The lowest BCUT2D eigenvalue weighted by Crippen LogP contribution is -2.25. The summed E-state index contributed by atoms with van der Waals surface area (Å²) in [7, 11) is 1.78. The number of hydrogen-bond donors (Lipinski definition) is 1. The zero-order chi connectivity index (χ0) is 14.8. The average Bonchev–Trinajstić information content (AvgIpc) is 2.93. The molecule has 0 fully saturated rings. The van der Waals surface area contributed by atoms with Gasteiger partial charge < -0.3 is 10.6 Å². The molecule has 0 spiro atoms. The number of pyridine rings is 1. The van der Waals surface area contributed by atoms with Crippen molar-refractivity contribution in [3.8, 4) is 0 Å². The van der Waals surface area contributed by atoms with Crippen molar-refractivity contribution in [2.24, 2.45) is 0 Å². The number of carbonyl (C=O) groups excluding carboxylic acids is 1. The number of thiazole rings is 1. The van der Waals surface area contributed by atoms with Crippen LogP contribution in [0.25, 0.3) is 10.8 Å². The first-order chi connectivity index (χ1) is 10.1. The quantitative estimate of drug-likeness (QED) is 0.806. The van der Waals surface area contributed by atoms with E-state index in [2.05, 4.69) is 9.97 Å². The van der Waals surface area contributed by atoms with Gasteiger partial charge in [-0.05, 0) is 17.0 Å². The van der Waals surface area contributed by atoms with E-state index in [1.807, 2.05) is 30.5 Å². The van der Waals surface area contributed by atoms with Crippen molar-refractivity contribution in [1.82, 2.24) is 14.9 Å². The number of carbonyl (C=O) groups is 1. The Morgan fingerprint density at radius 2 is 2.19 bits per heavy atom. The fourth-order valence-electron chi connectivity index (χ4n) is 2.23. The topological polar surface area (TPSA) is 72.1 Å². The largest absolute Gasteiger partial charge is 0.375 e. The molecule has 0 aliphatic carbocycles. The first-order valence-corrected chi connectivity index (χ1v) is 7.25. The molecule has 0 unspecified atom stereocenters. The molecule has 0 atom stereocenters. The molecule has 106 valence electrons. The number of aromatic nitrogens is 2. The smallest absolute Gasteiger partial charge is 0.265 e. The molecule has 0 saturated heterocycles. The highest BCUT2D eigenvalue weighted by Crippen LogP contribution is 2.21. The van der Waals surface area contributed by atoms with E-state index in [4.69, 9.17) is 5.73 Å². The molecule has 2 aromatic heterocycles. The van der Waals surface area contributed by atoms with Crippen molar-refractivity contribution < 1.29 is 4.79 Å². The Kier molecular flexibility index (Phi) is 3.53. The van der Waals surface area contributed by atoms with E-state index in [0.717, 1.165) is 16.3 Å². The molecule has 3 rings (SSSR count). The molecule has 2 N–H and O–H groups in total. The Hall–Kier alpha value is -2.47. The second-order valence-electron chi connectivity index (χ2n) is 4.74. The number of nitrogen functional groups attached to an aromatic ring is 1. The molecule has 6 heteroatoms. The van der Waals surface area contributed by atoms with Gasteiger partial charge in [-0.25, -0.2) is 4.98 Å². The Morgan fingerprint density at radius 1 is 1.33 bits per heavy atom. The number of amides is 1. The molecule has 3 aromatic rings. The van der Waals surface area contributed by atoms with E-state index in [1.54, 1.807) is 18.1 Å². The molecule has 0 radical (unpaired) electrons. The number of benzene rings is 1. The lowest BCUT2D eigenvalue weighted by atomic mass is 10.1. The van der Waals surface area contributed by atoms with Crippen molar-refractivity contribution in [1.29, 1.82) is 0 Å². The van der Waals surface area contributed by atoms with Crippen LogP contribution < -0.4 is 5.73 Å². The molecule has 0 bridgehead atoms. The lowest BCUT2D eigenvalue weighted by Gasteiger charge is -2.17. The van der Waals surface area contributed by atoms with Crippen molar-refractivity contribution in [2.45, 2.75) is 6.54 Å². The molecule has 0 saturated carbocycles. The fraction of sp³-hybridized carbons (Fsp3) is 0.133. The lowest BCUT2D eigenvalue weighted by molar-refractivity contribution is 0.0790. The monoisotopic (exact) mass is 298 g/mol. The Bertz CT molecular complexity index is 794. The highest BCUT2D eigenvalue weighted by atomic mass is 32.1. The number of nitrogens with zero attached hydrogens (tertiary/aromatic N) is 3. The van der Waals surface area contributed by atoms with Gasteiger partial charge in [0.05, 0.1) is 6.20 Å². The fourth-order valence-corrected chi connectivity index (χ4v) is 2.91. The summed E-state index contributed by atoms with van der Waals surface area (Å²) in [4.78, 5) is 22.6. The maximum absolute atomic E-state index is 12.3. The third-order valence-corrected chi connectivity index (χ3v) is 4.07. The second kappa shape index (κ2) is 5.49. The third-order valence-electron chi connectivity index (χ3n) is 3.26. The minimum atomic E-state index is -0.0738. The van der Waals surface area contributed by atoms with E-state index in [-0.39, 0.29) is 5.91 Å². The first kappa shape index (κ1) is 13.5. The predicted molar refractivity (Wildman–Crippen MR) is 84.1 cm³/mol. The molecular weight excluding hydrogens is 284 g/mol. The standard InChI is InChI=1S/C15H14N4OS/c1-19(14(20)13-8-18-15(16)21-13)9-11-4-2-3-10-7-17-6-5-12(10)11/h2-8H,9H2,1H3,(H2,16,18). The predicted octanol–water partition coefficient (Wildman–Crippen LogP) is 2.55. The highest BCUT2D eigenvalue weighted by molar-refractivity contribution is 7.17. The summed E-state index contributed by atoms with van der Waals surface area (Å²) in [6.07, 6.45) is 5.11. The zero-order valence-electron chi connectivity index (χ0n) is 11.5. The van der Waals surface area contributed by atoms with Crippen molar-refractivity contribution >= 4 is 33.1 Å². The normalized spacial score (nSPS) is 10.7. The summed E-state index contributed by atoms with van der Waals surface area (Å²) in [5, 5.41) is 2.58. The van der Waals surface area contributed by atoms with Gasteiger partial charge in [0.1, 0.15) is 4.88 Å². The Labute approximate surface area is 126 Å². The number of nitrogens with two attached hydrogens (primary N) is 1. The van der Waals surface area contributed by atoms with Crippen molar-refractivity contribution in [3.63, 3.8) is 0 Å². The van der Waals surface area contributed by atoms with Gasteiger partial charge in [0, 0.05) is 31.4 Å². The van der Waals surface area contributed by atoms with Crippen LogP contribution in [-0.4, -0.2) is 27.8 Å². The van der Waals surface area contributed by atoms with Crippen molar-refractivity contribution in [2.75, 3.05) is 12.8 Å². The Morgan fingerprint density at radius 3 is 2.95 bits per heavy atom. The molecule has 2 heterocycles. The van der Waals surface area contributed by atoms with E-state index < -0.39 is 0 Å². The summed E-state index contributed by atoms with van der Waals surface area (Å²) in [6.45, 7) is 0.526. The zero-order valence-corrected chi connectivity index (χ0v) is 12.3. The summed E-state index contributed by atoms with van der Waals surface area (Å²) in [5.74, 6) is -0.0738. The molecule has 1 amide bonds. The van der Waals surface area contributed by atoms with Gasteiger partial charge in [-0.2, -0.15) is 0 Å². The maximum atomic E-state index is 12.3. The van der Waals surface area contributed by atoms with Gasteiger partial charge in [-0.3, -0.25) is 9.78 Å². The summed E-state index contributed by atoms with van der Waals surface area (Å²) in [6, 6.07) is 7.97. The van der Waals surface area contributed by atoms with Crippen LogP contribution in [0.1, 0.15) is 15.2 Å². The van der Waals surface area contributed by atoms with Crippen LogP contribution in [0.4, 0.5) is 5.13 Å². The third kappa shape index (κ3) is 2.71. The molecule has 0 aliphatic rings. The summed E-state index contributed by atoms with van der Waals surface area (Å²) in [5.41, 5.74) is 6.66. The van der Waals surface area contributed by atoms with E-state index in [1.165, 1.54) is 17.5 Å². The molecular formula is C15H14N4OS. The van der Waals surface area contributed by atoms with Gasteiger partial charge in [0.2, 0.25) is 0 Å². The number of rotatable bonds is 3. The summed E-state index contributed by atoms with van der Waals surface area (Å²) < 4.78 is 0. The minimum absolute atomic E-state index is 0.0738. The second-order valence-corrected chi connectivity index (χ2v) is 5.80. The number of hydrogen-bond acceptors (Lipinski definition) is 5. The molecule has 0 aliphatic heterocycles. The van der Waals surface area contributed by atoms with Gasteiger partial charge in [0.15, 0.2) is 5.13 Å². The molecule has 21 heavy (non-hydrogen) atoms. The van der Waals surface area contributed by atoms with Crippen LogP contribution in [0.3, 0.4) is 0 Å². The van der Waals surface area contributed by atoms with Crippen LogP contribution in [0.15, 0.2) is 42.9 Å². The highest BCUT2D eigenvalue weighted by Gasteiger charge is 2.15. The Balaban J connectivity index is 1.86.